The number of rotatable bonds is 0. The van der Waals surface area contributed by atoms with E-state index in [0.29, 0.717) is 0 Å². The highest BCUT2D eigenvalue weighted by Gasteiger charge is 2.19. The summed E-state index contributed by atoms with van der Waals surface area (Å²) in [6, 6.07) is 7.74. The summed E-state index contributed by atoms with van der Waals surface area (Å²) >= 11 is 0. The van der Waals surface area contributed by atoms with E-state index in [-0.39, 0.29) is 6.10 Å². The Balaban J connectivity index is 2.56. The van der Waals surface area contributed by atoms with E-state index >= 15 is 0 Å². The molecule has 2 rings (SSSR count). The van der Waals surface area contributed by atoms with Gasteiger partial charge in [0.1, 0.15) is 0 Å². The lowest BCUT2D eigenvalue weighted by Gasteiger charge is -2.21. The fourth-order valence-corrected chi connectivity index (χ4v) is 1.93. The maximum Gasteiger partial charge on any atom is 0.0994 e. The van der Waals surface area contributed by atoms with Gasteiger partial charge in [-0.25, -0.2) is 0 Å². The van der Waals surface area contributed by atoms with Crippen LogP contribution in [0.25, 0.3) is 0 Å². The SMILES string of the molecule is N#Cc1cccc2c1CCC[C@H]2O. The third-order valence-corrected chi connectivity index (χ3v) is 2.60. The minimum atomic E-state index is -0.364. The first kappa shape index (κ1) is 8.28. The topological polar surface area (TPSA) is 44.0 Å². The lowest BCUT2D eigenvalue weighted by molar-refractivity contribution is 0.156. The molecule has 2 heteroatoms. The van der Waals surface area contributed by atoms with Crippen LogP contribution in [-0.4, -0.2) is 5.11 Å². The summed E-state index contributed by atoms with van der Waals surface area (Å²) in [5.74, 6) is 0. The summed E-state index contributed by atoms with van der Waals surface area (Å²) in [6.45, 7) is 0. The molecular formula is C11H11NO. The molecule has 1 aliphatic rings. The number of nitriles is 1. The Kier molecular flexibility index (Phi) is 2.03. The fraction of sp³-hybridized carbons (Fsp3) is 0.364. The Morgan fingerprint density at radius 3 is 3.08 bits per heavy atom. The number of nitrogens with zero attached hydrogens (tertiary/aromatic N) is 1. The summed E-state index contributed by atoms with van der Waals surface area (Å²) in [6.07, 6.45) is 2.36. The van der Waals surface area contributed by atoms with Crippen LogP contribution < -0.4 is 0 Å². The molecule has 0 bridgehead atoms. The summed E-state index contributed by atoms with van der Waals surface area (Å²) in [5, 5.41) is 18.5. The number of aliphatic hydroxyl groups excluding tert-OH is 1. The van der Waals surface area contributed by atoms with E-state index < -0.39 is 0 Å². The average Bonchev–Trinajstić information content (AvgIpc) is 2.18. The molecular weight excluding hydrogens is 162 g/mol. The second-order valence-corrected chi connectivity index (χ2v) is 3.39. The van der Waals surface area contributed by atoms with Crippen molar-refractivity contribution < 1.29 is 5.11 Å². The highest BCUT2D eigenvalue weighted by atomic mass is 16.3. The highest BCUT2D eigenvalue weighted by molar-refractivity contribution is 5.44. The smallest absolute Gasteiger partial charge is 0.0994 e. The van der Waals surface area contributed by atoms with E-state index in [1.165, 1.54) is 0 Å². The maximum atomic E-state index is 9.67. The van der Waals surface area contributed by atoms with Crippen molar-refractivity contribution in [3.05, 3.63) is 34.9 Å². The molecule has 0 amide bonds. The Hall–Kier alpha value is -1.33. The monoisotopic (exact) mass is 173 g/mol. The predicted molar refractivity (Wildman–Crippen MR) is 49.1 cm³/mol. The number of aliphatic hydroxyl groups is 1. The van der Waals surface area contributed by atoms with Gasteiger partial charge in [0.2, 0.25) is 0 Å². The molecule has 0 radical (unpaired) electrons. The lowest BCUT2D eigenvalue weighted by atomic mass is 9.87. The molecule has 0 fully saturated rings. The third kappa shape index (κ3) is 1.32. The molecule has 1 atom stereocenters. The molecule has 0 spiro atoms. The second kappa shape index (κ2) is 3.20. The Morgan fingerprint density at radius 1 is 1.46 bits per heavy atom. The summed E-state index contributed by atoms with van der Waals surface area (Å²) < 4.78 is 0. The molecule has 0 unspecified atom stereocenters. The molecule has 1 aliphatic carbocycles. The summed E-state index contributed by atoms with van der Waals surface area (Å²) in [7, 11) is 0. The molecule has 0 saturated heterocycles. The number of fused-ring (bicyclic) bond motifs is 1. The minimum absolute atomic E-state index is 0.364. The van der Waals surface area contributed by atoms with Crippen molar-refractivity contribution in [1.82, 2.24) is 0 Å². The van der Waals surface area contributed by atoms with Gasteiger partial charge in [0.05, 0.1) is 17.7 Å². The van der Waals surface area contributed by atoms with E-state index in [4.69, 9.17) is 5.26 Å². The van der Waals surface area contributed by atoms with Gasteiger partial charge < -0.3 is 5.11 Å². The maximum absolute atomic E-state index is 9.67. The summed E-state index contributed by atoms with van der Waals surface area (Å²) in [5.41, 5.74) is 2.71. The Bertz CT molecular complexity index is 365. The van der Waals surface area contributed by atoms with Gasteiger partial charge in [-0.2, -0.15) is 5.26 Å². The molecule has 0 aromatic heterocycles. The average molecular weight is 173 g/mol. The van der Waals surface area contributed by atoms with Crippen molar-refractivity contribution >= 4 is 0 Å². The molecule has 0 saturated carbocycles. The number of benzene rings is 1. The van der Waals surface area contributed by atoms with Gasteiger partial charge in [-0.3, -0.25) is 0 Å². The van der Waals surface area contributed by atoms with Crippen LogP contribution >= 0.6 is 0 Å². The van der Waals surface area contributed by atoms with Crippen molar-refractivity contribution in [3.8, 4) is 6.07 Å². The van der Waals surface area contributed by atoms with Crippen molar-refractivity contribution in [1.29, 1.82) is 5.26 Å². The van der Waals surface area contributed by atoms with Crippen molar-refractivity contribution in [2.45, 2.75) is 25.4 Å². The zero-order valence-corrected chi connectivity index (χ0v) is 7.33. The van der Waals surface area contributed by atoms with Crippen molar-refractivity contribution in [2.24, 2.45) is 0 Å². The second-order valence-electron chi connectivity index (χ2n) is 3.39. The van der Waals surface area contributed by atoms with Gasteiger partial charge in [0, 0.05) is 0 Å². The molecule has 1 aromatic carbocycles. The molecule has 2 nitrogen and oxygen atoms in total. The molecule has 66 valence electrons. The van der Waals surface area contributed by atoms with Gasteiger partial charge >= 0.3 is 0 Å². The van der Waals surface area contributed by atoms with E-state index in [0.717, 1.165) is 36.0 Å². The summed E-state index contributed by atoms with van der Waals surface area (Å²) in [4.78, 5) is 0. The molecule has 0 aliphatic heterocycles. The van der Waals surface area contributed by atoms with E-state index in [2.05, 4.69) is 6.07 Å². The van der Waals surface area contributed by atoms with Crippen LogP contribution in [0.3, 0.4) is 0 Å². The van der Waals surface area contributed by atoms with Crippen LogP contribution in [0.5, 0.6) is 0 Å². The first-order valence-electron chi connectivity index (χ1n) is 4.53. The van der Waals surface area contributed by atoms with Crippen molar-refractivity contribution in [2.75, 3.05) is 0 Å². The van der Waals surface area contributed by atoms with E-state index in [1.54, 1.807) is 0 Å². The zero-order valence-electron chi connectivity index (χ0n) is 7.33. The van der Waals surface area contributed by atoms with Gasteiger partial charge in [-0.05, 0) is 36.5 Å². The molecule has 13 heavy (non-hydrogen) atoms. The van der Waals surface area contributed by atoms with E-state index in [9.17, 15) is 5.11 Å². The largest absolute Gasteiger partial charge is 0.388 e. The van der Waals surface area contributed by atoms with Gasteiger partial charge in [0.15, 0.2) is 0 Å². The first-order chi connectivity index (χ1) is 6.33. The number of hydrogen-bond donors (Lipinski definition) is 1. The third-order valence-electron chi connectivity index (χ3n) is 2.60. The van der Waals surface area contributed by atoms with Crippen molar-refractivity contribution in [3.63, 3.8) is 0 Å². The van der Waals surface area contributed by atoms with Crippen LogP contribution in [0.4, 0.5) is 0 Å². The zero-order chi connectivity index (χ0) is 9.26. The standard InChI is InChI=1S/C11H11NO/c12-7-8-3-1-5-10-9(8)4-2-6-11(10)13/h1,3,5,11,13H,2,4,6H2/t11-/m1/s1. The minimum Gasteiger partial charge on any atom is -0.388 e. The predicted octanol–water partition coefficient (Wildman–Crippen LogP) is 1.93. The van der Waals surface area contributed by atoms with Gasteiger partial charge in [-0.1, -0.05) is 12.1 Å². The quantitative estimate of drug-likeness (QED) is 0.651. The number of hydrogen-bond acceptors (Lipinski definition) is 2. The molecule has 0 heterocycles. The molecule has 1 aromatic rings. The van der Waals surface area contributed by atoms with Gasteiger partial charge in [0.25, 0.3) is 0 Å². The fourth-order valence-electron chi connectivity index (χ4n) is 1.93. The lowest BCUT2D eigenvalue weighted by Crippen LogP contribution is -2.10. The van der Waals surface area contributed by atoms with E-state index in [1.807, 2.05) is 18.2 Å². The van der Waals surface area contributed by atoms with Crippen LogP contribution in [0, 0.1) is 11.3 Å². The van der Waals surface area contributed by atoms with Crippen LogP contribution in [-0.2, 0) is 6.42 Å². The van der Waals surface area contributed by atoms with Crippen LogP contribution in [0.1, 0.15) is 35.6 Å². The Labute approximate surface area is 77.4 Å². The normalized spacial score (nSPS) is 20.5. The van der Waals surface area contributed by atoms with Gasteiger partial charge in [-0.15, -0.1) is 0 Å². The Morgan fingerprint density at radius 2 is 2.31 bits per heavy atom. The van der Waals surface area contributed by atoms with Crippen LogP contribution in [0.2, 0.25) is 0 Å². The van der Waals surface area contributed by atoms with Crippen LogP contribution in [0.15, 0.2) is 18.2 Å². The highest BCUT2D eigenvalue weighted by Crippen LogP contribution is 2.31. The first-order valence-corrected chi connectivity index (χ1v) is 4.53. The molecule has 1 N–H and O–H groups in total.